The van der Waals surface area contributed by atoms with Crippen molar-refractivity contribution in [3.8, 4) is 0 Å². The van der Waals surface area contributed by atoms with E-state index < -0.39 is 37.2 Å². The van der Waals surface area contributed by atoms with E-state index in [-0.39, 0.29) is 16.8 Å². The summed E-state index contributed by atoms with van der Waals surface area (Å²) in [7, 11) is 0. The normalized spacial score (nSPS) is 28.3. The molecule has 4 rings (SSSR count). The number of aliphatic hydroxyl groups is 3. The Hall–Kier alpha value is -1.98. The molecule has 0 spiro atoms. The van der Waals surface area contributed by atoms with Gasteiger partial charge in [0.1, 0.15) is 23.5 Å². The van der Waals surface area contributed by atoms with Gasteiger partial charge in [-0.15, -0.1) is 0 Å². The van der Waals surface area contributed by atoms with Gasteiger partial charge in [0, 0.05) is 12.1 Å². The Morgan fingerprint density at radius 3 is 2.64 bits per heavy atom. The van der Waals surface area contributed by atoms with Crippen LogP contribution in [0.25, 0.3) is 11.0 Å². The van der Waals surface area contributed by atoms with Gasteiger partial charge >= 0.3 is 6.09 Å². The maximum atomic E-state index is 12.0. The first-order chi connectivity index (χ1) is 13.4. The second kappa shape index (κ2) is 7.45. The molecule has 3 heterocycles. The molecule has 1 saturated carbocycles. The van der Waals surface area contributed by atoms with Crippen LogP contribution in [0.2, 0.25) is 5.15 Å². The molecule has 0 radical (unpaired) electrons. The SMILES string of the molecule is O=C(O)N(c1cc(Cl)nc2c1cnn2[C@@H]1O[C@H](CO)[C@@H](O)[C@H]1O)C1CCCC1. The first-order valence-corrected chi connectivity index (χ1v) is 9.48. The van der Waals surface area contributed by atoms with E-state index in [2.05, 4.69) is 10.1 Å². The van der Waals surface area contributed by atoms with Gasteiger partial charge in [0.2, 0.25) is 0 Å². The maximum absolute atomic E-state index is 12.0. The minimum atomic E-state index is -1.34. The molecule has 1 aliphatic carbocycles. The van der Waals surface area contributed by atoms with E-state index in [1.54, 1.807) is 0 Å². The third kappa shape index (κ3) is 3.11. The van der Waals surface area contributed by atoms with Crippen LogP contribution in [0, 0.1) is 0 Å². The van der Waals surface area contributed by atoms with Crippen LogP contribution in [0.5, 0.6) is 0 Å². The summed E-state index contributed by atoms with van der Waals surface area (Å²) in [6.45, 7) is -0.470. The van der Waals surface area contributed by atoms with Crippen molar-refractivity contribution < 1.29 is 30.0 Å². The Morgan fingerprint density at radius 2 is 2.04 bits per heavy atom. The molecular weight excluding hydrogens is 392 g/mol. The number of fused-ring (bicyclic) bond motifs is 1. The van der Waals surface area contributed by atoms with Crippen molar-refractivity contribution in [3.63, 3.8) is 0 Å². The van der Waals surface area contributed by atoms with Crippen molar-refractivity contribution in [1.82, 2.24) is 14.8 Å². The molecule has 2 aliphatic rings. The second-order valence-corrected chi connectivity index (χ2v) is 7.50. The van der Waals surface area contributed by atoms with Crippen molar-refractivity contribution in [2.24, 2.45) is 0 Å². The second-order valence-electron chi connectivity index (χ2n) is 7.11. The summed E-state index contributed by atoms with van der Waals surface area (Å²) in [5.41, 5.74) is 0.592. The van der Waals surface area contributed by atoms with Crippen LogP contribution >= 0.6 is 11.6 Å². The van der Waals surface area contributed by atoms with Gasteiger partial charge in [-0.3, -0.25) is 4.90 Å². The van der Waals surface area contributed by atoms with Gasteiger partial charge in [0.05, 0.1) is 23.9 Å². The van der Waals surface area contributed by atoms with Gasteiger partial charge in [-0.2, -0.15) is 5.10 Å². The topological polar surface area (TPSA) is 141 Å². The number of hydrogen-bond donors (Lipinski definition) is 4. The Morgan fingerprint density at radius 1 is 1.32 bits per heavy atom. The third-order valence-corrected chi connectivity index (χ3v) is 5.62. The summed E-state index contributed by atoms with van der Waals surface area (Å²) in [4.78, 5) is 17.5. The first kappa shape index (κ1) is 19.3. The number of anilines is 1. The molecule has 4 atom stereocenters. The highest BCUT2D eigenvalue weighted by Gasteiger charge is 2.44. The summed E-state index contributed by atoms with van der Waals surface area (Å²) in [6.07, 6.45) is -0.898. The van der Waals surface area contributed by atoms with Crippen LogP contribution in [-0.4, -0.2) is 72.2 Å². The molecule has 28 heavy (non-hydrogen) atoms. The fraction of sp³-hybridized carbons (Fsp3) is 0.588. The van der Waals surface area contributed by atoms with Gasteiger partial charge in [0.15, 0.2) is 11.9 Å². The van der Waals surface area contributed by atoms with Crippen LogP contribution in [0.15, 0.2) is 12.3 Å². The minimum absolute atomic E-state index is 0.0697. The van der Waals surface area contributed by atoms with Crippen molar-refractivity contribution in [3.05, 3.63) is 17.4 Å². The minimum Gasteiger partial charge on any atom is -0.465 e. The fourth-order valence-corrected chi connectivity index (χ4v) is 4.24. The Labute approximate surface area is 164 Å². The largest absolute Gasteiger partial charge is 0.465 e. The summed E-state index contributed by atoms with van der Waals surface area (Å²) < 4.78 is 6.77. The van der Waals surface area contributed by atoms with E-state index in [0.29, 0.717) is 11.1 Å². The number of nitrogens with zero attached hydrogens (tertiary/aromatic N) is 4. The molecule has 1 saturated heterocycles. The zero-order valence-corrected chi connectivity index (χ0v) is 15.6. The monoisotopic (exact) mass is 412 g/mol. The molecule has 0 aromatic carbocycles. The zero-order valence-electron chi connectivity index (χ0n) is 14.8. The van der Waals surface area contributed by atoms with Crippen molar-refractivity contribution in [2.75, 3.05) is 11.5 Å². The molecular formula is C17H21ClN4O6. The molecule has 11 heteroatoms. The fourth-order valence-electron chi connectivity index (χ4n) is 4.06. The smallest absolute Gasteiger partial charge is 0.412 e. The lowest BCUT2D eigenvalue weighted by atomic mass is 10.1. The van der Waals surface area contributed by atoms with E-state index in [0.717, 1.165) is 25.7 Å². The number of carbonyl (C=O) groups is 1. The Balaban J connectivity index is 1.80. The van der Waals surface area contributed by atoms with Gasteiger partial charge < -0.3 is 25.2 Å². The predicted molar refractivity (Wildman–Crippen MR) is 98.3 cm³/mol. The lowest BCUT2D eigenvalue weighted by Crippen LogP contribution is -2.38. The molecule has 2 aromatic heterocycles. The number of halogens is 1. The number of aromatic nitrogens is 3. The molecule has 1 aliphatic heterocycles. The highest BCUT2D eigenvalue weighted by atomic mass is 35.5. The van der Waals surface area contributed by atoms with E-state index in [1.165, 1.54) is 21.8 Å². The maximum Gasteiger partial charge on any atom is 0.412 e. The van der Waals surface area contributed by atoms with E-state index >= 15 is 0 Å². The van der Waals surface area contributed by atoms with Crippen molar-refractivity contribution in [1.29, 1.82) is 0 Å². The Bertz CT molecular complexity index is 886. The molecule has 1 amide bonds. The summed E-state index contributed by atoms with van der Waals surface area (Å²) in [5, 5.41) is 44.1. The zero-order chi connectivity index (χ0) is 20.0. The highest BCUT2D eigenvalue weighted by Crippen LogP contribution is 2.37. The number of rotatable bonds is 4. The van der Waals surface area contributed by atoms with E-state index in [1.807, 2.05) is 0 Å². The number of amides is 1. The standard InChI is InChI=1S/C17H21ClN4O6/c18-12-5-10(21(17(26)27)8-3-1-2-4-8)9-6-19-22(15(9)20-12)16-14(25)13(24)11(7-23)28-16/h5-6,8,11,13-14,16,23-25H,1-4,7H2,(H,26,27)/t11-,13-,14-,16-/m1/s1. The number of hydrogen-bond acceptors (Lipinski definition) is 7. The van der Waals surface area contributed by atoms with Crippen molar-refractivity contribution in [2.45, 2.75) is 56.3 Å². The van der Waals surface area contributed by atoms with Crippen LogP contribution in [0.4, 0.5) is 10.5 Å². The Kier molecular flexibility index (Phi) is 5.15. The van der Waals surface area contributed by atoms with Gasteiger partial charge in [-0.25, -0.2) is 14.5 Å². The summed E-state index contributed by atoms with van der Waals surface area (Å²) in [6, 6.07) is 1.33. The van der Waals surface area contributed by atoms with Crippen LogP contribution < -0.4 is 4.90 Å². The predicted octanol–water partition coefficient (Wildman–Crippen LogP) is 1.12. The number of pyridine rings is 1. The summed E-state index contributed by atoms with van der Waals surface area (Å²) >= 11 is 6.17. The highest BCUT2D eigenvalue weighted by molar-refractivity contribution is 6.30. The van der Waals surface area contributed by atoms with E-state index in [9.17, 15) is 25.2 Å². The molecule has 0 unspecified atom stereocenters. The first-order valence-electron chi connectivity index (χ1n) is 9.10. The number of ether oxygens (including phenoxy) is 1. The quantitative estimate of drug-likeness (QED) is 0.547. The molecule has 4 N–H and O–H groups in total. The van der Waals surface area contributed by atoms with Gasteiger partial charge in [0.25, 0.3) is 0 Å². The molecule has 2 aromatic rings. The van der Waals surface area contributed by atoms with Crippen LogP contribution in [0.1, 0.15) is 31.9 Å². The lowest BCUT2D eigenvalue weighted by Gasteiger charge is -2.26. The molecule has 10 nitrogen and oxygen atoms in total. The van der Waals surface area contributed by atoms with Crippen LogP contribution in [-0.2, 0) is 4.74 Å². The summed E-state index contributed by atoms with van der Waals surface area (Å²) in [5.74, 6) is 0. The average Bonchev–Trinajstić information content (AvgIpc) is 3.37. The van der Waals surface area contributed by atoms with Crippen molar-refractivity contribution >= 4 is 34.4 Å². The number of aliphatic hydroxyl groups excluding tert-OH is 3. The molecule has 0 bridgehead atoms. The number of carboxylic acid groups (broad SMARTS) is 1. The van der Waals surface area contributed by atoms with Gasteiger partial charge in [-0.05, 0) is 12.8 Å². The lowest BCUT2D eigenvalue weighted by molar-refractivity contribution is -0.0566. The average molecular weight is 413 g/mol. The van der Waals surface area contributed by atoms with Crippen LogP contribution in [0.3, 0.4) is 0 Å². The van der Waals surface area contributed by atoms with E-state index in [4.69, 9.17) is 16.3 Å². The molecule has 152 valence electrons. The third-order valence-electron chi connectivity index (χ3n) is 5.43. The van der Waals surface area contributed by atoms with Gasteiger partial charge in [-0.1, -0.05) is 24.4 Å². The molecule has 2 fully saturated rings.